The van der Waals surface area contributed by atoms with E-state index < -0.39 is 11.9 Å². The lowest BCUT2D eigenvalue weighted by molar-refractivity contribution is -0.134. The van der Waals surface area contributed by atoms with Gasteiger partial charge in [0.15, 0.2) is 5.13 Å². The van der Waals surface area contributed by atoms with E-state index in [1.54, 1.807) is 0 Å². The maximum atomic E-state index is 9.55. The molecule has 7 heteroatoms. The number of nitrogens with two attached hydrogens (primary N) is 1. The monoisotopic (exact) mass is 280 g/mol. The quantitative estimate of drug-likeness (QED) is 0.724. The van der Waals surface area contributed by atoms with Crippen molar-refractivity contribution >= 4 is 38.6 Å². The van der Waals surface area contributed by atoms with Gasteiger partial charge in [-0.3, -0.25) is 0 Å². The summed E-state index contributed by atoms with van der Waals surface area (Å²) in [7, 11) is 0. The second-order valence-corrected chi connectivity index (χ2v) is 4.55. The van der Waals surface area contributed by atoms with Crippen molar-refractivity contribution in [2.24, 2.45) is 0 Å². The third-order valence-corrected chi connectivity index (χ3v) is 2.86. The number of aromatic nitrogens is 1. The normalized spacial score (nSPS) is 10.2. The molecule has 0 saturated heterocycles. The minimum atomic E-state index is -1.26. The molecule has 4 N–H and O–H groups in total. The molecular weight excluding hydrogens is 268 g/mol. The molecule has 1 heterocycles. The Morgan fingerprint density at radius 2 is 1.84 bits per heavy atom. The summed E-state index contributed by atoms with van der Waals surface area (Å²) < 4.78 is 1.17. The molecule has 1 aromatic carbocycles. The number of rotatable bonds is 2. The lowest BCUT2D eigenvalue weighted by atomic mass is 10.2. The van der Waals surface area contributed by atoms with Gasteiger partial charge in [-0.25, -0.2) is 14.6 Å². The number of fused-ring (bicyclic) bond motifs is 1. The first-order chi connectivity index (χ1) is 8.90. The molecule has 0 atom stereocenters. The van der Waals surface area contributed by atoms with Gasteiger partial charge in [-0.05, 0) is 18.6 Å². The van der Waals surface area contributed by atoms with Crippen molar-refractivity contribution in [1.29, 1.82) is 0 Å². The Kier molecular flexibility index (Phi) is 5.01. The lowest BCUT2D eigenvalue weighted by Crippen LogP contribution is -1.91. The van der Waals surface area contributed by atoms with Crippen molar-refractivity contribution in [2.75, 3.05) is 5.73 Å². The van der Waals surface area contributed by atoms with E-state index in [0.29, 0.717) is 17.3 Å². The topological polar surface area (TPSA) is 114 Å². The first-order valence-electron chi connectivity index (χ1n) is 5.15. The minimum absolute atomic E-state index is 0.558. The van der Waals surface area contributed by atoms with Crippen LogP contribution in [0, 0.1) is 6.92 Å². The van der Waals surface area contributed by atoms with E-state index in [2.05, 4.69) is 4.98 Å². The van der Waals surface area contributed by atoms with Gasteiger partial charge in [-0.2, -0.15) is 0 Å². The number of carboxylic acids is 2. The van der Waals surface area contributed by atoms with Gasteiger partial charge < -0.3 is 15.9 Å². The van der Waals surface area contributed by atoms with Crippen LogP contribution in [0.15, 0.2) is 30.4 Å². The molecule has 0 bridgehead atoms. The van der Waals surface area contributed by atoms with E-state index in [1.165, 1.54) is 21.6 Å². The predicted octanol–water partition coefficient (Wildman–Crippen LogP) is 1.90. The van der Waals surface area contributed by atoms with Crippen molar-refractivity contribution in [1.82, 2.24) is 4.98 Å². The SMILES string of the molecule is Cc1cccc2sc(N)nc12.O=C(O)/C=C\C(=O)O. The minimum Gasteiger partial charge on any atom is -0.478 e. The molecule has 1 aromatic heterocycles. The number of anilines is 1. The molecule has 19 heavy (non-hydrogen) atoms. The molecular formula is C12H12N2O4S. The van der Waals surface area contributed by atoms with Gasteiger partial charge in [0.1, 0.15) is 0 Å². The highest BCUT2D eigenvalue weighted by molar-refractivity contribution is 7.22. The Morgan fingerprint density at radius 1 is 1.26 bits per heavy atom. The Morgan fingerprint density at radius 3 is 2.32 bits per heavy atom. The zero-order chi connectivity index (χ0) is 14.4. The Balaban J connectivity index is 0.000000203. The molecule has 0 radical (unpaired) electrons. The number of hydrogen-bond acceptors (Lipinski definition) is 5. The summed E-state index contributed by atoms with van der Waals surface area (Å²) in [5, 5.41) is 16.3. The lowest BCUT2D eigenvalue weighted by Gasteiger charge is -1.89. The third-order valence-electron chi connectivity index (χ3n) is 2.01. The molecule has 0 spiro atoms. The van der Waals surface area contributed by atoms with Gasteiger partial charge in [-0.1, -0.05) is 23.5 Å². The van der Waals surface area contributed by atoms with Gasteiger partial charge in [0.2, 0.25) is 0 Å². The standard InChI is InChI=1S/C8H8N2S.C4H4O4/c1-5-3-2-4-6-7(5)10-8(9)11-6;5-3(6)1-2-4(7)8/h2-4H,1H3,(H2,9,10);1-2H,(H,5,6)(H,7,8)/b;2-1-. The van der Waals surface area contributed by atoms with E-state index >= 15 is 0 Å². The van der Waals surface area contributed by atoms with Gasteiger partial charge in [0.25, 0.3) is 0 Å². The van der Waals surface area contributed by atoms with Crippen LogP contribution in [0.25, 0.3) is 10.2 Å². The molecule has 2 rings (SSSR count). The number of para-hydroxylation sites is 1. The highest BCUT2D eigenvalue weighted by Crippen LogP contribution is 2.25. The molecule has 0 aliphatic rings. The molecule has 0 unspecified atom stereocenters. The first kappa shape index (κ1) is 14.7. The van der Waals surface area contributed by atoms with E-state index in [0.717, 1.165) is 5.52 Å². The van der Waals surface area contributed by atoms with Crippen molar-refractivity contribution in [3.05, 3.63) is 35.9 Å². The number of nitrogen functional groups attached to an aromatic ring is 1. The van der Waals surface area contributed by atoms with Crippen molar-refractivity contribution in [3.8, 4) is 0 Å². The number of carbonyl (C=O) groups is 2. The number of benzene rings is 1. The number of nitrogens with zero attached hydrogens (tertiary/aromatic N) is 1. The van der Waals surface area contributed by atoms with Crippen molar-refractivity contribution < 1.29 is 19.8 Å². The first-order valence-corrected chi connectivity index (χ1v) is 5.97. The van der Waals surface area contributed by atoms with Gasteiger partial charge in [0.05, 0.1) is 10.2 Å². The predicted molar refractivity (Wildman–Crippen MR) is 73.2 cm³/mol. The van der Waals surface area contributed by atoms with Crippen LogP contribution < -0.4 is 5.73 Å². The van der Waals surface area contributed by atoms with Crippen LogP contribution >= 0.6 is 11.3 Å². The van der Waals surface area contributed by atoms with Crippen LogP contribution in [0.3, 0.4) is 0 Å². The third kappa shape index (κ3) is 4.76. The molecule has 0 amide bonds. The van der Waals surface area contributed by atoms with Gasteiger partial charge in [-0.15, -0.1) is 0 Å². The van der Waals surface area contributed by atoms with Crippen LogP contribution in [0.4, 0.5) is 5.13 Å². The Bertz CT molecular complexity index is 618. The summed E-state index contributed by atoms with van der Waals surface area (Å²) in [6, 6.07) is 6.10. The van der Waals surface area contributed by atoms with Gasteiger partial charge in [0, 0.05) is 12.2 Å². The second-order valence-electron chi connectivity index (χ2n) is 3.48. The van der Waals surface area contributed by atoms with Crippen molar-refractivity contribution in [2.45, 2.75) is 6.92 Å². The fourth-order valence-corrected chi connectivity index (χ4v) is 2.06. The number of thiazole rings is 1. The fraction of sp³-hybridized carbons (Fsp3) is 0.0833. The van der Waals surface area contributed by atoms with Crippen LogP contribution in [0.1, 0.15) is 5.56 Å². The van der Waals surface area contributed by atoms with E-state index in [1.807, 2.05) is 25.1 Å². The zero-order valence-electron chi connectivity index (χ0n) is 10.0. The molecule has 100 valence electrons. The maximum Gasteiger partial charge on any atom is 0.328 e. The summed E-state index contributed by atoms with van der Waals surface area (Å²) in [6.07, 6.45) is 1.12. The molecule has 0 aliphatic heterocycles. The highest BCUT2D eigenvalue weighted by atomic mass is 32.1. The van der Waals surface area contributed by atoms with Crippen LogP contribution in [-0.4, -0.2) is 27.1 Å². The fourth-order valence-electron chi connectivity index (χ4n) is 1.25. The molecule has 0 aliphatic carbocycles. The smallest absolute Gasteiger partial charge is 0.328 e. The Labute approximate surface area is 112 Å². The summed E-state index contributed by atoms with van der Waals surface area (Å²) in [6.45, 7) is 2.04. The number of hydrogen-bond donors (Lipinski definition) is 3. The summed E-state index contributed by atoms with van der Waals surface area (Å²) in [5.74, 6) is -2.51. The molecule has 6 nitrogen and oxygen atoms in total. The number of aryl methyl sites for hydroxylation is 1. The molecule has 0 fully saturated rings. The van der Waals surface area contributed by atoms with Crippen LogP contribution in [-0.2, 0) is 9.59 Å². The Hall–Kier alpha value is -2.41. The van der Waals surface area contributed by atoms with Gasteiger partial charge >= 0.3 is 11.9 Å². The van der Waals surface area contributed by atoms with Crippen molar-refractivity contribution in [3.63, 3.8) is 0 Å². The summed E-state index contributed by atoms with van der Waals surface area (Å²) in [5.41, 5.74) is 7.79. The molecule has 0 saturated carbocycles. The van der Waals surface area contributed by atoms with E-state index in [-0.39, 0.29) is 0 Å². The average Bonchev–Trinajstić information content (AvgIpc) is 2.69. The largest absolute Gasteiger partial charge is 0.478 e. The zero-order valence-corrected chi connectivity index (χ0v) is 10.8. The van der Waals surface area contributed by atoms with Crippen LogP contribution in [0.2, 0.25) is 0 Å². The maximum absolute atomic E-state index is 9.55. The van der Waals surface area contributed by atoms with E-state index in [9.17, 15) is 9.59 Å². The highest BCUT2D eigenvalue weighted by Gasteiger charge is 2.01. The summed E-state index contributed by atoms with van der Waals surface area (Å²) in [4.78, 5) is 23.3. The number of carboxylic acid groups (broad SMARTS) is 2. The number of aliphatic carboxylic acids is 2. The average molecular weight is 280 g/mol. The van der Waals surface area contributed by atoms with Crippen LogP contribution in [0.5, 0.6) is 0 Å². The second kappa shape index (κ2) is 6.50. The molecule has 2 aromatic rings. The van der Waals surface area contributed by atoms with E-state index in [4.69, 9.17) is 15.9 Å². The summed E-state index contributed by atoms with van der Waals surface area (Å²) >= 11 is 1.53.